The van der Waals surface area contributed by atoms with Gasteiger partial charge in [0.1, 0.15) is 7.85 Å². The number of aromatic carboxylic acids is 1. The Morgan fingerprint density at radius 2 is 1.67 bits per heavy atom. The van der Waals surface area contributed by atoms with Gasteiger partial charge >= 0.3 is 5.97 Å². The molecular formula is C16H8BCl3N2O2. The van der Waals surface area contributed by atoms with Crippen molar-refractivity contribution in [3.8, 4) is 16.9 Å². The lowest BCUT2D eigenvalue weighted by Gasteiger charge is -2.11. The lowest BCUT2D eigenvalue weighted by atomic mass is 9.90. The minimum Gasteiger partial charge on any atom is -0.476 e. The first-order chi connectivity index (χ1) is 11.4. The van der Waals surface area contributed by atoms with Crippen molar-refractivity contribution < 1.29 is 9.90 Å². The van der Waals surface area contributed by atoms with E-state index in [1.807, 2.05) is 0 Å². The molecular weight excluding hydrogens is 369 g/mol. The first kappa shape index (κ1) is 16.9. The molecule has 0 amide bonds. The van der Waals surface area contributed by atoms with Gasteiger partial charge in [0.25, 0.3) is 0 Å². The zero-order valence-electron chi connectivity index (χ0n) is 12.0. The van der Waals surface area contributed by atoms with E-state index in [9.17, 15) is 9.90 Å². The largest absolute Gasteiger partial charge is 0.476 e. The van der Waals surface area contributed by atoms with Crippen LogP contribution in [0.2, 0.25) is 15.1 Å². The number of benzene rings is 2. The summed E-state index contributed by atoms with van der Waals surface area (Å²) < 4.78 is 1.39. The van der Waals surface area contributed by atoms with Crippen LogP contribution in [-0.4, -0.2) is 28.7 Å². The van der Waals surface area contributed by atoms with Crippen LogP contribution in [0.3, 0.4) is 0 Å². The molecule has 1 aromatic heterocycles. The Morgan fingerprint density at radius 3 is 2.25 bits per heavy atom. The summed E-state index contributed by atoms with van der Waals surface area (Å²) >= 11 is 18.1. The van der Waals surface area contributed by atoms with Gasteiger partial charge in [0.05, 0.1) is 16.4 Å². The highest BCUT2D eigenvalue weighted by molar-refractivity contribution is 6.39. The number of carboxylic acids is 1. The van der Waals surface area contributed by atoms with Gasteiger partial charge in [0.15, 0.2) is 5.69 Å². The first-order valence-electron chi connectivity index (χ1n) is 6.71. The Kier molecular flexibility index (Phi) is 4.59. The van der Waals surface area contributed by atoms with E-state index >= 15 is 0 Å². The van der Waals surface area contributed by atoms with Crippen LogP contribution in [0.5, 0.6) is 0 Å². The van der Waals surface area contributed by atoms with Crippen LogP contribution >= 0.6 is 34.8 Å². The van der Waals surface area contributed by atoms with Crippen molar-refractivity contribution in [3.05, 3.63) is 63.2 Å². The molecule has 0 spiro atoms. The molecule has 3 aromatic rings. The van der Waals surface area contributed by atoms with Crippen LogP contribution < -0.4 is 5.46 Å². The summed E-state index contributed by atoms with van der Waals surface area (Å²) in [6.07, 6.45) is 0. The van der Waals surface area contributed by atoms with E-state index in [0.29, 0.717) is 32.0 Å². The third kappa shape index (κ3) is 3.03. The topological polar surface area (TPSA) is 55.1 Å². The molecule has 0 fully saturated rings. The van der Waals surface area contributed by atoms with Crippen molar-refractivity contribution in [1.82, 2.24) is 9.78 Å². The number of rotatable bonds is 3. The third-order valence-electron chi connectivity index (χ3n) is 3.38. The Hall–Kier alpha value is -1.95. The number of hydrogen-bond acceptors (Lipinski definition) is 2. The molecule has 4 nitrogen and oxygen atoms in total. The summed E-state index contributed by atoms with van der Waals surface area (Å²) in [6, 6.07) is 11.6. The number of hydrogen-bond donors (Lipinski definition) is 1. The van der Waals surface area contributed by atoms with Crippen molar-refractivity contribution in [3.63, 3.8) is 0 Å². The molecule has 0 aliphatic heterocycles. The van der Waals surface area contributed by atoms with Crippen molar-refractivity contribution in [1.29, 1.82) is 0 Å². The van der Waals surface area contributed by atoms with Gasteiger partial charge in [0.2, 0.25) is 0 Å². The van der Waals surface area contributed by atoms with E-state index in [2.05, 4.69) is 5.10 Å². The summed E-state index contributed by atoms with van der Waals surface area (Å²) in [6.45, 7) is 0. The second kappa shape index (κ2) is 6.51. The van der Waals surface area contributed by atoms with Gasteiger partial charge in [0, 0.05) is 10.0 Å². The van der Waals surface area contributed by atoms with Crippen molar-refractivity contribution >= 4 is 54.1 Å². The number of nitrogens with zero attached hydrogens (tertiary/aromatic N) is 2. The molecule has 3 rings (SSSR count). The minimum atomic E-state index is -1.23. The highest BCUT2D eigenvalue weighted by atomic mass is 35.5. The minimum absolute atomic E-state index is 0.0378. The maximum absolute atomic E-state index is 11.4. The van der Waals surface area contributed by atoms with Gasteiger partial charge in [-0.1, -0.05) is 46.9 Å². The lowest BCUT2D eigenvalue weighted by molar-refractivity contribution is 0.0691. The standard InChI is InChI=1S/C16H8BCl3N2O2/c17-13-14(16(23)24)21-22(12-6-5-10(19)7-11(12)20)15(13)8-1-3-9(18)4-2-8/h1-7H,(H,23,24). The molecule has 0 saturated carbocycles. The molecule has 118 valence electrons. The SMILES string of the molecule is [B]c1c(C(=O)O)nn(-c2ccc(Cl)cc2Cl)c1-c1ccc(Cl)cc1. The van der Waals surface area contributed by atoms with E-state index in [0.717, 1.165) is 0 Å². The van der Waals surface area contributed by atoms with Crippen LogP contribution in [0, 0.1) is 0 Å². The Bertz CT molecular complexity index is 939. The second-order valence-corrected chi connectivity index (χ2v) is 6.21. The van der Waals surface area contributed by atoms with Crippen LogP contribution in [0.15, 0.2) is 42.5 Å². The number of carboxylic acid groups (broad SMARTS) is 1. The van der Waals surface area contributed by atoms with Gasteiger partial charge in [-0.2, -0.15) is 5.10 Å². The quantitative estimate of drug-likeness (QED) is 0.702. The van der Waals surface area contributed by atoms with E-state index < -0.39 is 5.97 Å². The molecule has 2 aromatic carbocycles. The van der Waals surface area contributed by atoms with Crippen molar-refractivity contribution in [2.75, 3.05) is 0 Å². The third-order valence-corrected chi connectivity index (χ3v) is 4.17. The fourth-order valence-electron chi connectivity index (χ4n) is 2.30. The summed E-state index contributed by atoms with van der Waals surface area (Å²) in [5.74, 6) is -1.23. The van der Waals surface area contributed by atoms with Crippen LogP contribution in [0.25, 0.3) is 16.9 Å². The van der Waals surface area contributed by atoms with Crippen molar-refractivity contribution in [2.24, 2.45) is 0 Å². The maximum atomic E-state index is 11.4. The van der Waals surface area contributed by atoms with Gasteiger partial charge in [-0.15, -0.1) is 0 Å². The first-order valence-corrected chi connectivity index (χ1v) is 7.85. The zero-order chi connectivity index (χ0) is 17.4. The highest BCUT2D eigenvalue weighted by Crippen LogP contribution is 2.29. The van der Waals surface area contributed by atoms with Gasteiger partial charge in [-0.3, -0.25) is 0 Å². The zero-order valence-corrected chi connectivity index (χ0v) is 14.3. The fraction of sp³-hybridized carbons (Fsp3) is 0. The van der Waals surface area contributed by atoms with Crippen LogP contribution in [0.1, 0.15) is 10.5 Å². The molecule has 1 heterocycles. The van der Waals surface area contributed by atoms with E-state index in [1.54, 1.807) is 42.5 Å². The molecule has 0 atom stereocenters. The van der Waals surface area contributed by atoms with E-state index in [1.165, 1.54) is 4.68 Å². The predicted molar refractivity (Wildman–Crippen MR) is 96.4 cm³/mol. The van der Waals surface area contributed by atoms with E-state index in [-0.39, 0.29) is 11.2 Å². The van der Waals surface area contributed by atoms with Crippen molar-refractivity contribution in [2.45, 2.75) is 0 Å². The number of halogens is 3. The average Bonchev–Trinajstić information content (AvgIpc) is 2.86. The summed E-state index contributed by atoms with van der Waals surface area (Å²) in [4.78, 5) is 11.4. The number of carbonyl (C=O) groups is 1. The molecule has 0 unspecified atom stereocenters. The average molecular weight is 377 g/mol. The Balaban J connectivity index is 2.30. The highest BCUT2D eigenvalue weighted by Gasteiger charge is 2.22. The smallest absolute Gasteiger partial charge is 0.355 e. The summed E-state index contributed by atoms with van der Waals surface area (Å²) in [5, 5.41) is 14.7. The predicted octanol–water partition coefficient (Wildman–Crippen LogP) is 3.99. The molecule has 0 aliphatic rings. The lowest BCUT2D eigenvalue weighted by Crippen LogP contribution is -2.14. The molecule has 1 N–H and O–H groups in total. The monoisotopic (exact) mass is 376 g/mol. The normalized spacial score (nSPS) is 10.8. The number of aromatic nitrogens is 2. The van der Waals surface area contributed by atoms with E-state index in [4.69, 9.17) is 42.6 Å². The molecule has 2 radical (unpaired) electrons. The molecule has 0 bridgehead atoms. The molecule has 0 aliphatic carbocycles. The Labute approximate surface area is 154 Å². The maximum Gasteiger partial charge on any atom is 0.355 e. The molecule has 8 heteroatoms. The Morgan fingerprint density at radius 1 is 1.04 bits per heavy atom. The summed E-state index contributed by atoms with van der Waals surface area (Å²) in [7, 11) is 6.03. The fourth-order valence-corrected chi connectivity index (χ4v) is 2.92. The molecule has 24 heavy (non-hydrogen) atoms. The molecule has 0 saturated heterocycles. The second-order valence-electron chi connectivity index (χ2n) is 4.93. The van der Waals surface area contributed by atoms with Gasteiger partial charge < -0.3 is 5.11 Å². The van der Waals surface area contributed by atoms with Gasteiger partial charge in [-0.25, -0.2) is 9.48 Å². The van der Waals surface area contributed by atoms with Crippen LogP contribution in [-0.2, 0) is 0 Å². The van der Waals surface area contributed by atoms with Gasteiger partial charge in [-0.05, 0) is 41.4 Å². The van der Waals surface area contributed by atoms with Crippen LogP contribution in [0.4, 0.5) is 0 Å². The summed E-state index contributed by atoms with van der Waals surface area (Å²) in [5.41, 5.74) is 1.31.